The topological polar surface area (TPSA) is 20.2 Å². The molecule has 168 valence electrons. The average Bonchev–Trinajstić information content (AvgIpc) is 3.06. The third kappa shape index (κ3) is 3.58. The van der Waals surface area contributed by atoms with E-state index in [4.69, 9.17) is 0 Å². The molecule has 0 aromatic rings. The van der Waals surface area contributed by atoms with E-state index in [0.717, 1.165) is 42.4 Å². The zero-order valence-electron chi connectivity index (χ0n) is 20.5. The van der Waals surface area contributed by atoms with Gasteiger partial charge in [0.25, 0.3) is 0 Å². The van der Waals surface area contributed by atoms with Gasteiger partial charge >= 0.3 is 0 Å². The summed E-state index contributed by atoms with van der Waals surface area (Å²) < 4.78 is 0. The van der Waals surface area contributed by atoms with Gasteiger partial charge in [-0.05, 0) is 97.7 Å². The lowest BCUT2D eigenvalue weighted by Crippen LogP contribution is -2.46. The van der Waals surface area contributed by atoms with Crippen LogP contribution in [0, 0.1) is 46.3 Å². The predicted molar refractivity (Wildman–Crippen MR) is 128 cm³/mol. The number of aliphatic hydroxyl groups is 1. The van der Waals surface area contributed by atoms with Crippen LogP contribution < -0.4 is 0 Å². The van der Waals surface area contributed by atoms with Crippen molar-refractivity contribution in [3.63, 3.8) is 0 Å². The second-order valence-corrected chi connectivity index (χ2v) is 12.1. The van der Waals surface area contributed by atoms with Gasteiger partial charge in [0, 0.05) is 0 Å². The van der Waals surface area contributed by atoms with Crippen molar-refractivity contribution in [2.75, 3.05) is 0 Å². The monoisotopic (exact) mass is 410 g/mol. The molecule has 3 fully saturated rings. The zero-order chi connectivity index (χ0) is 21.7. The Morgan fingerprint density at radius 2 is 1.77 bits per heavy atom. The van der Waals surface area contributed by atoms with Crippen molar-refractivity contribution in [1.29, 1.82) is 0 Å². The molecule has 0 amide bonds. The lowest BCUT2D eigenvalue weighted by Gasteiger charge is -2.55. The van der Waals surface area contributed by atoms with Gasteiger partial charge in [0.05, 0.1) is 6.10 Å². The zero-order valence-corrected chi connectivity index (χ0v) is 20.5. The van der Waals surface area contributed by atoms with E-state index in [9.17, 15) is 5.11 Å². The standard InChI is InChI=1S/C29H46O/c1-7-21(19(2)3)9-8-20(4)25-12-13-26-24-11-10-22-18-23(30)14-16-28(22,5)27(24)15-17-29(25,26)6/h8-11,19-21,23,25-27,30H,7,12-18H2,1-6H3/b9-8+/t20-,21+,23+,25-,26?,27?,28+,29-/m1/s1. The largest absolute Gasteiger partial charge is 0.393 e. The summed E-state index contributed by atoms with van der Waals surface area (Å²) in [5, 5.41) is 10.2. The molecule has 0 aromatic heterocycles. The van der Waals surface area contributed by atoms with Crippen LogP contribution >= 0.6 is 0 Å². The normalized spacial score (nSPS) is 42.9. The quantitative estimate of drug-likeness (QED) is 0.460. The van der Waals surface area contributed by atoms with Gasteiger partial charge in [0.15, 0.2) is 0 Å². The summed E-state index contributed by atoms with van der Waals surface area (Å²) in [5.74, 6) is 4.45. The molecule has 30 heavy (non-hydrogen) atoms. The minimum atomic E-state index is -0.116. The number of rotatable bonds is 5. The Balaban J connectivity index is 1.56. The summed E-state index contributed by atoms with van der Waals surface area (Å²) in [4.78, 5) is 0. The molecule has 1 nitrogen and oxygen atoms in total. The molecule has 0 heterocycles. The fraction of sp³-hybridized carbons (Fsp3) is 0.793. The molecule has 3 saturated carbocycles. The van der Waals surface area contributed by atoms with Gasteiger partial charge in [-0.2, -0.15) is 0 Å². The Morgan fingerprint density at radius 1 is 1.00 bits per heavy atom. The fourth-order valence-corrected chi connectivity index (χ4v) is 8.17. The Hall–Kier alpha value is -0.820. The lowest BCUT2D eigenvalue weighted by atomic mass is 9.50. The molecule has 8 atom stereocenters. The van der Waals surface area contributed by atoms with Crippen LogP contribution in [0.1, 0.15) is 92.9 Å². The van der Waals surface area contributed by atoms with Crippen molar-refractivity contribution in [2.24, 2.45) is 46.3 Å². The minimum Gasteiger partial charge on any atom is -0.393 e. The van der Waals surface area contributed by atoms with Gasteiger partial charge in [-0.15, -0.1) is 0 Å². The maximum absolute atomic E-state index is 10.2. The number of allylic oxidation sites excluding steroid dienone is 5. The first-order valence-electron chi connectivity index (χ1n) is 13.0. The van der Waals surface area contributed by atoms with Crippen molar-refractivity contribution in [3.8, 4) is 0 Å². The number of fused-ring (bicyclic) bond motifs is 5. The van der Waals surface area contributed by atoms with Gasteiger partial charge in [0.1, 0.15) is 0 Å². The summed E-state index contributed by atoms with van der Waals surface area (Å²) >= 11 is 0. The smallest absolute Gasteiger partial charge is 0.0578 e. The van der Waals surface area contributed by atoms with Crippen LogP contribution in [0.15, 0.2) is 35.5 Å². The first-order valence-corrected chi connectivity index (χ1v) is 13.0. The summed E-state index contributed by atoms with van der Waals surface area (Å²) in [6, 6.07) is 0. The molecule has 4 rings (SSSR count). The SMILES string of the molecule is CC[C@@H](/C=C/[C@@H](C)[C@H]1CCC2C3=CC=C4C[C@@H](O)CC[C@]4(C)C3CC[C@@]21C)C(C)C. The Kier molecular flexibility index (Phi) is 6.17. The molecule has 0 spiro atoms. The van der Waals surface area contributed by atoms with E-state index < -0.39 is 0 Å². The van der Waals surface area contributed by atoms with E-state index in [1.54, 1.807) is 5.57 Å². The van der Waals surface area contributed by atoms with Crippen molar-refractivity contribution in [3.05, 3.63) is 35.5 Å². The molecule has 0 aromatic carbocycles. The van der Waals surface area contributed by atoms with Crippen molar-refractivity contribution < 1.29 is 5.11 Å². The van der Waals surface area contributed by atoms with E-state index in [2.05, 4.69) is 65.8 Å². The first kappa shape index (κ1) is 22.4. The van der Waals surface area contributed by atoms with Crippen LogP contribution in [0.25, 0.3) is 0 Å². The molecule has 1 N–H and O–H groups in total. The summed E-state index contributed by atoms with van der Waals surface area (Å²) in [5.41, 5.74) is 4.07. The highest BCUT2D eigenvalue weighted by Crippen LogP contribution is 2.66. The molecule has 0 saturated heterocycles. The van der Waals surface area contributed by atoms with Crippen LogP contribution in [-0.2, 0) is 0 Å². The third-order valence-electron chi connectivity index (χ3n) is 10.2. The van der Waals surface area contributed by atoms with Gasteiger partial charge in [-0.3, -0.25) is 0 Å². The molecule has 2 unspecified atom stereocenters. The second-order valence-electron chi connectivity index (χ2n) is 12.1. The first-order chi connectivity index (χ1) is 14.2. The fourth-order valence-electron chi connectivity index (χ4n) is 8.17. The molecule has 0 bridgehead atoms. The Morgan fingerprint density at radius 3 is 2.47 bits per heavy atom. The van der Waals surface area contributed by atoms with Crippen LogP contribution in [0.5, 0.6) is 0 Å². The van der Waals surface area contributed by atoms with Gasteiger partial charge in [-0.1, -0.05) is 77.0 Å². The van der Waals surface area contributed by atoms with Crippen molar-refractivity contribution in [1.82, 2.24) is 0 Å². The highest BCUT2D eigenvalue weighted by atomic mass is 16.3. The van der Waals surface area contributed by atoms with Gasteiger partial charge in [-0.25, -0.2) is 0 Å². The highest BCUT2D eigenvalue weighted by molar-refractivity contribution is 5.39. The predicted octanol–water partition coefficient (Wildman–Crippen LogP) is 7.72. The number of hydrogen-bond acceptors (Lipinski definition) is 1. The van der Waals surface area contributed by atoms with E-state index in [1.165, 1.54) is 44.1 Å². The average molecular weight is 411 g/mol. The summed E-state index contributed by atoms with van der Waals surface area (Å²) in [6.45, 7) is 14.7. The molecule has 0 radical (unpaired) electrons. The third-order valence-corrected chi connectivity index (χ3v) is 10.2. The maximum atomic E-state index is 10.2. The summed E-state index contributed by atoms with van der Waals surface area (Å²) in [6.07, 6.45) is 19.7. The second kappa shape index (κ2) is 8.27. The summed E-state index contributed by atoms with van der Waals surface area (Å²) in [7, 11) is 0. The van der Waals surface area contributed by atoms with Gasteiger partial charge < -0.3 is 5.11 Å². The Bertz CT molecular complexity index is 727. The molecule has 1 heteroatoms. The van der Waals surface area contributed by atoms with E-state index >= 15 is 0 Å². The van der Waals surface area contributed by atoms with Crippen molar-refractivity contribution in [2.45, 2.75) is 99.0 Å². The minimum absolute atomic E-state index is 0.116. The van der Waals surface area contributed by atoms with Crippen LogP contribution in [0.2, 0.25) is 0 Å². The Labute approximate surface area is 186 Å². The van der Waals surface area contributed by atoms with Crippen LogP contribution in [0.4, 0.5) is 0 Å². The molecular weight excluding hydrogens is 364 g/mol. The van der Waals surface area contributed by atoms with Crippen LogP contribution in [-0.4, -0.2) is 11.2 Å². The van der Waals surface area contributed by atoms with Crippen LogP contribution in [0.3, 0.4) is 0 Å². The van der Waals surface area contributed by atoms with Gasteiger partial charge in [0.2, 0.25) is 0 Å². The lowest BCUT2D eigenvalue weighted by molar-refractivity contribution is 0.0382. The highest BCUT2D eigenvalue weighted by Gasteiger charge is 2.56. The van der Waals surface area contributed by atoms with E-state index in [-0.39, 0.29) is 6.10 Å². The van der Waals surface area contributed by atoms with E-state index in [1.807, 2.05) is 0 Å². The van der Waals surface area contributed by atoms with E-state index in [0.29, 0.717) is 16.7 Å². The molecular formula is C29H46O. The number of aliphatic hydroxyl groups excluding tert-OH is 1. The molecule has 0 aliphatic heterocycles. The molecule has 4 aliphatic rings. The van der Waals surface area contributed by atoms with Crippen molar-refractivity contribution >= 4 is 0 Å². The number of hydrogen-bond donors (Lipinski definition) is 1. The maximum Gasteiger partial charge on any atom is 0.0578 e. The molecule has 4 aliphatic carbocycles.